The van der Waals surface area contributed by atoms with Gasteiger partial charge in [-0.25, -0.2) is 9.18 Å². The molecule has 0 radical (unpaired) electrons. The Kier molecular flexibility index (Phi) is 8.41. The molecule has 0 bridgehead atoms. The van der Waals surface area contributed by atoms with Crippen molar-refractivity contribution in [1.82, 2.24) is 10.6 Å². The van der Waals surface area contributed by atoms with Gasteiger partial charge in [0.05, 0.1) is 7.11 Å². The van der Waals surface area contributed by atoms with E-state index in [1.165, 1.54) is 39.2 Å². The summed E-state index contributed by atoms with van der Waals surface area (Å²) in [5, 5.41) is 4.97. The van der Waals surface area contributed by atoms with Gasteiger partial charge in [0.25, 0.3) is 0 Å². The second-order valence-electron chi connectivity index (χ2n) is 5.91. The summed E-state index contributed by atoms with van der Waals surface area (Å²) in [5.74, 6) is -2.35. The second-order valence-corrected chi connectivity index (χ2v) is 5.91. The summed E-state index contributed by atoms with van der Waals surface area (Å²) >= 11 is 0. The van der Waals surface area contributed by atoms with Crippen LogP contribution in [0.2, 0.25) is 0 Å². The number of rotatable bonds is 9. The molecule has 0 spiro atoms. The number of carbonyl (C=O) groups excluding carboxylic acids is 4. The monoisotopic (exact) mass is 366 g/mol. The predicted molar refractivity (Wildman–Crippen MR) is 91.6 cm³/mol. The molecule has 2 amide bonds. The van der Waals surface area contributed by atoms with Crippen molar-refractivity contribution in [3.05, 3.63) is 35.6 Å². The Balaban J connectivity index is 2.89. The summed E-state index contributed by atoms with van der Waals surface area (Å²) in [6.45, 7) is 2.62. The van der Waals surface area contributed by atoms with Crippen LogP contribution in [-0.2, 0) is 30.3 Å². The average Bonchev–Trinajstić information content (AvgIpc) is 2.56. The van der Waals surface area contributed by atoms with E-state index in [1.54, 1.807) is 6.07 Å². The SMILES string of the molecule is COC(=O)[C@@H](CCC(C)=O)NC(=O)[C@H](Cc1cccc(F)c1)NC(C)=O. The molecule has 1 aromatic rings. The molecule has 2 N–H and O–H groups in total. The molecule has 26 heavy (non-hydrogen) atoms. The van der Waals surface area contributed by atoms with Gasteiger partial charge in [0.15, 0.2) is 0 Å². The van der Waals surface area contributed by atoms with Gasteiger partial charge in [-0.1, -0.05) is 12.1 Å². The molecule has 0 heterocycles. The zero-order valence-corrected chi connectivity index (χ0v) is 15.0. The third-order valence-electron chi connectivity index (χ3n) is 3.61. The number of carbonyl (C=O) groups is 4. The highest BCUT2D eigenvalue weighted by Crippen LogP contribution is 2.08. The lowest BCUT2D eigenvalue weighted by Crippen LogP contribution is -2.52. The minimum Gasteiger partial charge on any atom is -0.467 e. The number of ether oxygens (including phenoxy) is 1. The molecule has 2 atom stereocenters. The van der Waals surface area contributed by atoms with Crippen LogP contribution in [-0.4, -0.2) is 42.8 Å². The van der Waals surface area contributed by atoms with Crippen LogP contribution in [0.15, 0.2) is 24.3 Å². The Labute approximate surface area is 151 Å². The van der Waals surface area contributed by atoms with Crippen LogP contribution in [0.3, 0.4) is 0 Å². The second kappa shape index (κ2) is 10.3. The van der Waals surface area contributed by atoms with Crippen molar-refractivity contribution in [3.8, 4) is 0 Å². The van der Waals surface area contributed by atoms with Gasteiger partial charge in [-0.05, 0) is 31.0 Å². The third-order valence-corrected chi connectivity index (χ3v) is 3.61. The first-order valence-electron chi connectivity index (χ1n) is 8.12. The third kappa shape index (κ3) is 7.42. The lowest BCUT2D eigenvalue weighted by molar-refractivity contribution is -0.145. The number of ketones is 1. The number of esters is 1. The first-order chi connectivity index (χ1) is 12.2. The highest BCUT2D eigenvalue weighted by atomic mass is 19.1. The van der Waals surface area contributed by atoms with E-state index in [2.05, 4.69) is 15.4 Å². The van der Waals surface area contributed by atoms with Crippen molar-refractivity contribution in [1.29, 1.82) is 0 Å². The number of amides is 2. The van der Waals surface area contributed by atoms with E-state index in [9.17, 15) is 23.6 Å². The largest absolute Gasteiger partial charge is 0.467 e. The normalized spacial score (nSPS) is 12.6. The fourth-order valence-electron chi connectivity index (χ4n) is 2.37. The Bertz CT molecular complexity index is 677. The van der Waals surface area contributed by atoms with Gasteiger partial charge in [0, 0.05) is 19.8 Å². The predicted octanol–water partition coefficient (Wildman–Crippen LogP) is 0.900. The van der Waals surface area contributed by atoms with Crippen molar-refractivity contribution in [2.75, 3.05) is 7.11 Å². The van der Waals surface area contributed by atoms with Crippen LogP contribution in [0.1, 0.15) is 32.3 Å². The molecule has 0 aliphatic rings. The minimum absolute atomic E-state index is 0.0454. The Hall–Kier alpha value is -2.77. The van der Waals surface area contributed by atoms with Gasteiger partial charge in [-0.2, -0.15) is 0 Å². The fourth-order valence-corrected chi connectivity index (χ4v) is 2.37. The molecule has 8 heteroatoms. The summed E-state index contributed by atoms with van der Waals surface area (Å²) in [5.41, 5.74) is 0.511. The molecule has 0 unspecified atom stereocenters. The van der Waals surface area contributed by atoms with E-state index in [4.69, 9.17) is 0 Å². The Morgan fingerprint density at radius 2 is 1.81 bits per heavy atom. The van der Waals surface area contributed by atoms with Crippen LogP contribution in [0.4, 0.5) is 4.39 Å². The van der Waals surface area contributed by atoms with Gasteiger partial charge in [-0.3, -0.25) is 9.59 Å². The number of benzene rings is 1. The number of hydrogen-bond donors (Lipinski definition) is 2. The lowest BCUT2D eigenvalue weighted by atomic mass is 10.0. The van der Waals surface area contributed by atoms with Crippen molar-refractivity contribution in [2.45, 2.75) is 45.2 Å². The van der Waals surface area contributed by atoms with E-state index in [-0.39, 0.29) is 25.0 Å². The number of Topliss-reactive ketones (excluding diaryl/α,β-unsaturated/α-hetero) is 1. The summed E-state index contributed by atoms with van der Waals surface area (Å²) in [6.07, 6.45) is 0.221. The molecule has 0 aliphatic heterocycles. The van der Waals surface area contributed by atoms with Crippen molar-refractivity contribution >= 4 is 23.6 Å². The van der Waals surface area contributed by atoms with Gasteiger partial charge in [0.1, 0.15) is 23.7 Å². The molecule has 7 nitrogen and oxygen atoms in total. The van der Waals surface area contributed by atoms with Crippen molar-refractivity contribution in [2.24, 2.45) is 0 Å². The molecule has 1 aromatic carbocycles. The fraction of sp³-hybridized carbons (Fsp3) is 0.444. The van der Waals surface area contributed by atoms with E-state index in [0.717, 1.165) is 0 Å². The number of methoxy groups -OCH3 is 1. The summed E-state index contributed by atoms with van der Waals surface area (Å²) in [7, 11) is 1.17. The quantitative estimate of drug-likeness (QED) is 0.633. The highest BCUT2D eigenvalue weighted by molar-refractivity contribution is 5.90. The summed E-state index contributed by atoms with van der Waals surface area (Å²) in [6, 6.07) is 3.64. The molecule has 0 fully saturated rings. The number of halogens is 1. The standard InChI is InChI=1S/C18H23FN2O5/c1-11(22)7-8-15(18(25)26-3)21-17(24)16(20-12(2)23)10-13-5-4-6-14(19)9-13/h4-6,9,15-16H,7-8,10H2,1-3H3,(H,20,23)(H,21,24)/t15-,16+/m1/s1. The smallest absolute Gasteiger partial charge is 0.328 e. The molecule has 0 aromatic heterocycles. The number of hydrogen-bond acceptors (Lipinski definition) is 5. The highest BCUT2D eigenvalue weighted by Gasteiger charge is 2.27. The van der Waals surface area contributed by atoms with Gasteiger partial charge < -0.3 is 20.2 Å². The molecule has 142 valence electrons. The zero-order chi connectivity index (χ0) is 19.7. The molecule has 0 aliphatic carbocycles. The van der Waals surface area contributed by atoms with Crippen LogP contribution < -0.4 is 10.6 Å². The average molecular weight is 366 g/mol. The van der Waals surface area contributed by atoms with Gasteiger partial charge >= 0.3 is 5.97 Å². The van der Waals surface area contributed by atoms with Crippen molar-refractivity contribution in [3.63, 3.8) is 0 Å². The topological polar surface area (TPSA) is 102 Å². The van der Waals surface area contributed by atoms with Crippen LogP contribution in [0.5, 0.6) is 0 Å². The van der Waals surface area contributed by atoms with Crippen LogP contribution in [0, 0.1) is 5.82 Å². The number of nitrogens with one attached hydrogen (secondary N) is 2. The van der Waals surface area contributed by atoms with E-state index >= 15 is 0 Å². The van der Waals surface area contributed by atoms with Crippen LogP contribution in [0.25, 0.3) is 0 Å². The molecular formula is C18H23FN2O5. The van der Waals surface area contributed by atoms with Gasteiger partial charge in [0.2, 0.25) is 11.8 Å². The molecular weight excluding hydrogens is 343 g/mol. The molecule has 1 rings (SSSR count). The first-order valence-corrected chi connectivity index (χ1v) is 8.12. The maximum absolute atomic E-state index is 13.3. The van der Waals surface area contributed by atoms with Crippen molar-refractivity contribution < 1.29 is 28.3 Å². The minimum atomic E-state index is -1.01. The van der Waals surface area contributed by atoms with E-state index in [0.29, 0.717) is 5.56 Å². The van der Waals surface area contributed by atoms with E-state index in [1.807, 2.05) is 0 Å². The maximum Gasteiger partial charge on any atom is 0.328 e. The first kappa shape index (κ1) is 21.3. The summed E-state index contributed by atoms with van der Waals surface area (Å²) < 4.78 is 18.0. The van der Waals surface area contributed by atoms with Crippen LogP contribution >= 0.6 is 0 Å². The Morgan fingerprint density at radius 1 is 1.12 bits per heavy atom. The molecule has 0 saturated heterocycles. The zero-order valence-electron chi connectivity index (χ0n) is 15.0. The van der Waals surface area contributed by atoms with E-state index < -0.39 is 35.7 Å². The summed E-state index contributed by atoms with van der Waals surface area (Å²) in [4.78, 5) is 46.9. The Morgan fingerprint density at radius 3 is 2.35 bits per heavy atom. The van der Waals surface area contributed by atoms with Gasteiger partial charge in [-0.15, -0.1) is 0 Å². The maximum atomic E-state index is 13.3. The molecule has 0 saturated carbocycles. The lowest BCUT2D eigenvalue weighted by Gasteiger charge is -2.22.